The molecule has 0 bridgehead atoms. The Kier molecular flexibility index (Phi) is 3.22. The standard InChI is InChI=1S/C11H9ClN2O2/c12-9-3-1-8(2-4-9)5-13-11(15)10-6-16-7-14-10/h1-4,6-7H,5H2,(H,13,15). The Labute approximate surface area is 97.2 Å². The van der Waals surface area contributed by atoms with Gasteiger partial charge in [0.15, 0.2) is 12.1 Å². The van der Waals surface area contributed by atoms with E-state index in [1.165, 1.54) is 12.7 Å². The van der Waals surface area contributed by atoms with Crippen molar-refractivity contribution in [3.8, 4) is 0 Å². The van der Waals surface area contributed by atoms with Gasteiger partial charge in [-0.2, -0.15) is 0 Å². The van der Waals surface area contributed by atoms with Crippen LogP contribution in [0.25, 0.3) is 0 Å². The summed E-state index contributed by atoms with van der Waals surface area (Å²) in [5.74, 6) is -0.260. The van der Waals surface area contributed by atoms with Gasteiger partial charge in [-0.1, -0.05) is 23.7 Å². The molecule has 1 aromatic carbocycles. The molecule has 1 aromatic heterocycles. The zero-order valence-corrected chi connectivity index (χ0v) is 9.07. The fraction of sp³-hybridized carbons (Fsp3) is 0.0909. The van der Waals surface area contributed by atoms with Crippen molar-refractivity contribution in [2.24, 2.45) is 0 Å². The van der Waals surface area contributed by atoms with Crippen LogP contribution in [0.3, 0.4) is 0 Å². The summed E-state index contributed by atoms with van der Waals surface area (Å²) in [6, 6.07) is 7.26. The number of carbonyl (C=O) groups excluding carboxylic acids is 1. The highest BCUT2D eigenvalue weighted by molar-refractivity contribution is 6.30. The van der Waals surface area contributed by atoms with Crippen molar-refractivity contribution in [3.05, 3.63) is 53.2 Å². The molecular weight excluding hydrogens is 228 g/mol. The molecule has 2 aromatic rings. The first-order valence-corrected chi connectivity index (χ1v) is 5.04. The van der Waals surface area contributed by atoms with Crippen molar-refractivity contribution in [3.63, 3.8) is 0 Å². The summed E-state index contributed by atoms with van der Waals surface area (Å²) >= 11 is 5.75. The lowest BCUT2D eigenvalue weighted by Gasteiger charge is -2.02. The molecule has 0 unspecified atom stereocenters. The van der Waals surface area contributed by atoms with Crippen molar-refractivity contribution in [2.75, 3.05) is 0 Å². The van der Waals surface area contributed by atoms with Crippen LogP contribution in [-0.4, -0.2) is 10.9 Å². The predicted octanol–water partition coefficient (Wildman–Crippen LogP) is 2.26. The molecule has 0 fully saturated rings. The minimum absolute atomic E-state index is 0.260. The van der Waals surface area contributed by atoms with Crippen molar-refractivity contribution in [1.29, 1.82) is 0 Å². The summed E-state index contributed by atoms with van der Waals surface area (Å²) in [6.07, 6.45) is 2.52. The number of oxazole rings is 1. The molecule has 5 heteroatoms. The Hall–Kier alpha value is -1.81. The Morgan fingerprint density at radius 2 is 2.12 bits per heavy atom. The number of halogens is 1. The van der Waals surface area contributed by atoms with Gasteiger partial charge in [-0.25, -0.2) is 4.98 Å². The summed E-state index contributed by atoms with van der Waals surface area (Å²) in [5, 5.41) is 3.39. The second-order valence-electron chi connectivity index (χ2n) is 3.18. The van der Waals surface area contributed by atoms with E-state index in [9.17, 15) is 4.79 Å². The number of amides is 1. The highest BCUT2D eigenvalue weighted by atomic mass is 35.5. The van der Waals surface area contributed by atoms with Crippen LogP contribution in [0.5, 0.6) is 0 Å². The van der Waals surface area contributed by atoms with Crippen LogP contribution >= 0.6 is 11.6 Å². The maximum absolute atomic E-state index is 11.5. The smallest absolute Gasteiger partial charge is 0.273 e. The van der Waals surface area contributed by atoms with Crippen LogP contribution in [0.2, 0.25) is 5.02 Å². The molecule has 1 N–H and O–H groups in total. The third-order valence-electron chi connectivity index (χ3n) is 2.03. The van der Waals surface area contributed by atoms with Crippen LogP contribution in [0.1, 0.15) is 16.1 Å². The van der Waals surface area contributed by atoms with Crippen LogP contribution in [0.15, 0.2) is 41.3 Å². The molecule has 0 aliphatic rings. The van der Waals surface area contributed by atoms with Gasteiger partial charge in [-0.05, 0) is 17.7 Å². The van der Waals surface area contributed by atoms with Crippen molar-refractivity contribution in [2.45, 2.75) is 6.54 Å². The Morgan fingerprint density at radius 1 is 1.38 bits per heavy atom. The lowest BCUT2D eigenvalue weighted by Crippen LogP contribution is -2.22. The van der Waals surface area contributed by atoms with Crippen molar-refractivity contribution >= 4 is 17.5 Å². The lowest BCUT2D eigenvalue weighted by atomic mass is 10.2. The van der Waals surface area contributed by atoms with E-state index in [1.807, 2.05) is 12.1 Å². The van der Waals surface area contributed by atoms with E-state index in [1.54, 1.807) is 12.1 Å². The molecule has 82 valence electrons. The van der Waals surface area contributed by atoms with E-state index in [0.717, 1.165) is 5.56 Å². The number of carbonyl (C=O) groups is 1. The number of benzene rings is 1. The van der Waals surface area contributed by atoms with E-state index < -0.39 is 0 Å². The average molecular weight is 237 g/mol. The molecule has 1 heterocycles. The van der Waals surface area contributed by atoms with Gasteiger partial charge in [0.05, 0.1) is 0 Å². The van der Waals surface area contributed by atoms with E-state index in [-0.39, 0.29) is 11.6 Å². The second kappa shape index (κ2) is 4.81. The Bertz CT molecular complexity index is 465. The zero-order chi connectivity index (χ0) is 11.4. The largest absolute Gasteiger partial charge is 0.451 e. The molecule has 4 nitrogen and oxygen atoms in total. The van der Waals surface area contributed by atoms with Gasteiger partial charge in [0.25, 0.3) is 5.91 Å². The quantitative estimate of drug-likeness (QED) is 0.889. The summed E-state index contributed by atoms with van der Waals surface area (Å²) in [6.45, 7) is 0.433. The highest BCUT2D eigenvalue weighted by Crippen LogP contribution is 2.09. The van der Waals surface area contributed by atoms with Gasteiger partial charge in [0.1, 0.15) is 6.26 Å². The fourth-order valence-corrected chi connectivity index (χ4v) is 1.33. The third-order valence-corrected chi connectivity index (χ3v) is 2.28. The zero-order valence-electron chi connectivity index (χ0n) is 8.31. The molecule has 0 saturated carbocycles. The molecule has 0 radical (unpaired) electrons. The molecule has 0 aliphatic heterocycles. The monoisotopic (exact) mass is 236 g/mol. The van der Waals surface area contributed by atoms with Crippen LogP contribution < -0.4 is 5.32 Å². The number of hydrogen-bond donors (Lipinski definition) is 1. The lowest BCUT2D eigenvalue weighted by molar-refractivity contribution is 0.0946. The van der Waals surface area contributed by atoms with Gasteiger partial charge in [0.2, 0.25) is 0 Å². The van der Waals surface area contributed by atoms with Gasteiger partial charge in [0, 0.05) is 11.6 Å². The number of hydrogen-bond acceptors (Lipinski definition) is 3. The molecule has 0 aliphatic carbocycles. The summed E-state index contributed by atoms with van der Waals surface area (Å²) < 4.78 is 4.71. The van der Waals surface area contributed by atoms with E-state index in [0.29, 0.717) is 11.6 Å². The van der Waals surface area contributed by atoms with E-state index >= 15 is 0 Å². The minimum Gasteiger partial charge on any atom is -0.451 e. The summed E-state index contributed by atoms with van der Waals surface area (Å²) in [5.41, 5.74) is 1.25. The van der Waals surface area contributed by atoms with Crippen LogP contribution in [0, 0.1) is 0 Å². The first kappa shape index (κ1) is 10.7. The first-order valence-electron chi connectivity index (χ1n) is 4.66. The maximum Gasteiger partial charge on any atom is 0.273 e. The topological polar surface area (TPSA) is 55.1 Å². The molecule has 2 rings (SSSR count). The fourth-order valence-electron chi connectivity index (χ4n) is 1.20. The SMILES string of the molecule is O=C(NCc1ccc(Cl)cc1)c1cocn1. The van der Waals surface area contributed by atoms with Gasteiger partial charge in [-0.15, -0.1) is 0 Å². The maximum atomic E-state index is 11.5. The number of aromatic nitrogens is 1. The Morgan fingerprint density at radius 3 is 2.75 bits per heavy atom. The van der Waals surface area contributed by atoms with Crippen LogP contribution in [-0.2, 0) is 6.54 Å². The van der Waals surface area contributed by atoms with Gasteiger partial charge >= 0.3 is 0 Å². The molecule has 1 amide bonds. The first-order chi connectivity index (χ1) is 7.75. The van der Waals surface area contributed by atoms with Crippen molar-refractivity contribution in [1.82, 2.24) is 10.3 Å². The second-order valence-corrected chi connectivity index (χ2v) is 3.62. The third kappa shape index (κ3) is 2.61. The summed E-state index contributed by atoms with van der Waals surface area (Å²) in [7, 11) is 0. The molecule has 0 atom stereocenters. The highest BCUT2D eigenvalue weighted by Gasteiger charge is 2.07. The normalized spacial score (nSPS) is 10.1. The average Bonchev–Trinajstić information content (AvgIpc) is 2.81. The number of nitrogens with zero attached hydrogens (tertiary/aromatic N) is 1. The summed E-state index contributed by atoms with van der Waals surface area (Å²) in [4.78, 5) is 15.2. The number of rotatable bonds is 3. The van der Waals surface area contributed by atoms with Crippen molar-refractivity contribution < 1.29 is 9.21 Å². The number of nitrogens with one attached hydrogen (secondary N) is 1. The van der Waals surface area contributed by atoms with Crippen LogP contribution in [0.4, 0.5) is 0 Å². The minimum atomic E-state index is -0.260. The van der Waals surface area contributed by atoms with E-state index in [4.69, 9.17) is 16.0 Å². The van der Waals surface area contributed by atoms with Gasteiger partial charge in [-0.3, -0.25) is 4.79 Å². The molecule has 16 heavy (non-hydrogen) atoms. The van der Waals surface area contributed by atoms with Gasteiger partial charge < -0.3 is 9.73 Å². The van der Waals surface area contributed by atoms with E-state index in [2.05, 4.69) is 10.3 Å². The molecule has 0 saturated heterocycles. The molecule has 0 spiro atoms. The predicted molar refractivity (Wildman–Crippen MR) is 59.1 cm³/mol. The molecular formula is C11H9ClN2O2. The Balaban J connectivity index is 1.93.